The fraction of sp³-hybridized carbons (Fsp3) is 0.600. The summed E-state index contributed by atoms with van der Waals surface area (Å²) in [5, 5.41) is 6.52. The fourth-order valence-corrected chi connectivity index (χ4v) is 1.75. The van der Waals surface area contributed by atoms with Gasteiger partial charge in [0, 0.05) is 16.6 Å². The summed E-state index contributed by atoms with van der Waals surface area (Å²) in [6.07, 6.45) is 1.81. The molecule has 0 atom stereocenters. The van der Waals surface area contributed by atoms with E-state index in [4.69, 9.17) is 0 Å². The van der Waals surface area contributed by atoms with Crippen molar-refractivity contribution in [3.63, 3.8) is 0 Å². The van der Waals surface area contributed by atoms with E-state index in [0.717, 1.165) is 9.88 Å². The highest BCUT2D eigenvalue weighted by atomic mass is 32.1. The minimum atomic E-state index is -0.205. The summed E-state index contributed by atoms with van der Waals surface area (Å²) in [4.78, 5) is 16.7. The molecular formula is C10H17N3OS. The Morgan fingerprint density at radius 3 is 2.67 bits per heavy atom. The molecule has 15 heavy (non-hydrogen) atoms. The summed E-state index contributed by atoms with van der Waals surface area (Å²) in [6, 6.07) is -0.157. The van der Waals surface area contributed by atoms with Crippen LogP contribution in [-0.2, 0) is 6.54 Å². The van der Waals surface area contributed by atoms with Crippen molar-refractivity contribution in [3.05, 3.63) is 16.1 Å². The molecule has 5 heteroatoms. The lowest BCUT2D eigenvalue weighted by Crippen LogP contribution is -2.46. The summed E-state index contributed by atoms with van der Waals surface area (Å²) in [6.45, 7) is 8.32. The molecule has 0 saturated carbocycles. The van der Waals surface area contributed by atoms with Crippen molar-refractivity contribution in [3.8, 4) is 0 Å². The molecule has 0 aliphatic heterocycles. The number of rotatable bonds is 2. The highest BCUT2D eigenvalue weighted by Crippen LogP contribution is 2.10. The molecule has 2 amide bonds. The lowest BCUT2D eigenvalue weighted by atomic mass is 10.1. The molecule has 1 aromatic rings. The van der Waals surface area contributed by atoms with E-state index in [9.17, 15) is 4.79 Å². The summed E-state index contributed by atoms with van der Waals surface area (Å²) in [7, 11) is 0. The van der Waals surface area contributed by atoms with E-state index in [1.54, 1.807) is 11.3 Å². The number of amides is 2. The van der Waals surface area contributed by atoms with Crippen LogP contribution < -0.4 is 10.6 Å². The number of carbonyl (C=O) groups excluding carboxylic acids is 1. The number of aromatic nitrogens is 1. The van der Waals surface area contributed by atoms with Gasteiger partial charge in [-0.1, -0.05) is 0 Å². The Hall–Kier alpha value is -1.10. The normalized spacial score (nSPS) is 11.2. The Balaban J connectivity index is 2.35. The standard InChI is InChI=1S/C10H17N3OS/c1-7-5-11-8(15-7)6-12-9(14)13-10(2,3)4/h5H,6H2,1-4H3,(H2,12,13,14). The Labute approximate surface area is 94.1 Å². The van der Waals surface area contributed by atoms with Gasteiger partial charge < -0.3 is 10.6 Å². The average Bonchev–Trinajstić information content (AvgIpc) is 2.45. The third-order valence-corrected chi connectivity index (χ3v) is 2.47. The SMILES string of the molecule is Cc1cnc(CNC(=O)NC(C)(C)C)s1. The number of hydrogen-bond donors (Lipinski definition) is 2. The van der Waals surface area contributed by atoms with Crippen molar-refractivity contribution in [2.45, 2.75) is 39.8 Å². The molecule has 0 aliphatic carbocycles. The first-order chi connectivity index (χ1) is 6.87. The van der Waals surface area contributed by atoms with E-state index in [0.29, 0.717) is 6.54 Å². The molecule has 0 fully saturated rings. The van der Waals surface area contributed by atoms with Gasteiger partial charge in [0.15, 0.2) is 0 Å². The smallest absolute Gasteiger partial charge is 0.315 e. The van der Waals surface area contributed by atoms with Crippen LogP contribution in [0.15, 0.2) is 6.20 Å². The number of thiazole rings is 1. The maximum Gasteiger partial charge on any atom is 0.315 e. The van der Waals surface area contributed by atoms with Gasteiger partial charge >= 0.3 is 6.03 Å². The molecule has 0 radical (unpaired) electrons. The Kier molecular flexibility index (Phi) is 3.68. The lowest BCUT2D eigenvalue weighted by Gasteiger charge is -2.20. The maximum atomic E-state index is 11.4. The van der Waals surface area contributed by atoms with Crippen molar-refractivity contribution in [1.29, 1.82) is 0 Å². The van der Waals surface area contributed by atoms with Crippen LogP contribution in [0.5, 0.6) is 0 Å². The van der Waals surface area contributed by atoms with Gasteiger partial charge in [-0.15, -0.1) is 11.3 Å². The number of nitrogens with one attached hydrogen (secondary N) is 2. The van der Waals surface area contributed by atoms with Gasteiger partial charge in [-0.3, -0.25) is 0 Å². The van der Waals surface area contributed by atoms with Crippen LogP contribution in [0.25, 0.3) is 0 Å². The zero-order chi connectivity index (χ0) is 11.5. The van der Waals surface area contributed by atoms with E-state index in [2.05, 4.69) is 15.6 Å². The summed E-state index contributed by atoms with van der Waals surface area (Å²) in [5.74, 6) is 0. The summed E-state index contributed by atoms with van der Waals surface area (Å²) in [5.41, 5.74) is -0.205. The number of hydrogen-bond acceptors (Lipinski definition) is 3. The minimum absolute atomic E-state index is 0.157. The van der Waals surface area contributed by atoms with Gasteiger partial charge in [0.05, 0.1) is 6.54 Å². The van der Waals surface area contributed by atoms with Crippen molar-refractivity contribution in [2.75, 3.05) is 0 Å². The maximum absolute atomic E-state index is 11.4. The van der Waals surface area contributed by atoms with Gasteiger partial charge in [-0.05, 0) is 27.7 Å². The molecule has 1 rings (SSSR count). The molecule has 84 valence electrons. The lowest BCUT2D eigenvalue weighted by molar-refractivity contribution is 0.231. The van der Waals surface area contributed by atoms with Gasteiger partial charge in [0.1, 0.15) is 5.01 Å². The van der Waals surface area contributed by atoms with Crippen molar-refractivity contribution < 1.29 is 4.79 Å². The second-order valence-corrected chi connectivity index (χ2v) is 5.74. The number of urea groups is 1. The van der Waals surface area contributed by atoms with E-state index in [1.165, 1.54) is 0 Å². The second-order valence-electron chi connectivity index (χ2n) is 4.42. The quantitative estimate of drug-likeness (QED) is 0.812. The Morgan fingerprint density at radius 1 is 1.53 bits per heavy atom. The molecule has 4 nitrogen and oxygen atoms in total. The number of nitrogens with zero attached hydrogens (tertiary/aromatic N) is 1. The topological polar surface area (TPSA) is 54.0 Å². The van der Waals surface area contributed by atoms with Gasteiger partial charge in [-0.2, -0.15) is 0 Å². The third-order valence-electron chi connectivity index (χ3n) is 1.56. The third kappa shape index (κ3) is 4.78. The van der Waals surface area contributed by atoms with Gasteiger partial charge in [0.2, 0.25) is 0 Å². The molecule has 1 heterocycles. The van der Waals surface area contributed by atoms with E-state index in [1.807, 2.05) is 33.9 Å². The van der Waals surface area contributed by atoms with E-state index < -0.39 is 0 Å². The molecule has 1 aromatic heterocycles. The first kappa shape index (κ1) is 12.0. The molecule has 2 N–H and O–H groups in total. The van der Waals surface area contributed by atoms with Crippen molar-refractivity contribution in [1.82, 2.24) is 15.6 Å². The summed E-state index contributed by atoms with van der Waals surface area (Å²) < 4.78 is 0. The molecule has 0 aromatic carbocycles. The number of aryl methyl sites for hydroxylation is 1. The Morgan fingerprint density at radius 2 is 2.20 bits per heavy atom. The highest BCUT2D eigenvalue weighted by Gasteiger charge is 2.13. The zero-order valence-electron chi connectivity index (χ0n) is 9.55. The van der Waals surface area contributed by atoms with Crippen LogP contribution >= 0.6 is 11.3 Å². The van der Waals surface area contributed by atoms with Crippen LogP contribution in [0.3, 0.4) is 0 Å². The molecule has 0 unspecified atom stereocenters. The van der Waals surface area contributed by atoms with Crippen molar-refractivity contribution >= 4 is 17.4 Å². The Bertz CT molecular complexity index is 341. The largest absolute Gasteiger partial charge is 0.334 e. The molecular weight excluding hydrogens is 210 g/mol. The van der Waals surface area contributed by atoms with E-state index in [-0.39, 0.29) is 11.6 Å². The first-order valence-corrected chi connectivity index (χ1v) is 5.66. The van der Waals surface area contributed by atoms with E-state index >= 15 is 0 Å². The predicted molar refractivity (Wildman–Crippen MR) is 62.0 cm³/mol. The first-order valence-electron chi connectivity index (χ1n) is 4.84. The summed E-state index contributed by atoms with van der Waals surface area (Å²) >= 11 is 1.59. The average molecular weight is 227 g/mol. The predicted octanol–water partition coefficient (Wildman–Crippen LogP) is 2.05. The van der Waals surface area contributed by atoms with Crippen LogP contribution in [0.4, 0.5) is 4.79 Å². The van der Waals surface area contributed by atoms with Crippen LogP contribution in [-0.4, -0.2) is 16.6 Å². The molecule has 0 saturated heterocycles. The van der Waals surface area contributed by atoms with Gasteiger partial charge in [-0.25, -0.2) is 9.78 Å². The van der Waals surface area contributed by atoms with Crippen molar-refractivity contribution in [2.24, 2.45) is 0 Å². The van der Waals surface area contributed by atoms with Crippen LogP contribution in [0, 0.1) is 6.92 Å². The molecule has 0 spiro atoms. The molecule has 0 aliphatic rings. The van der Waals surface area contributed by atoms with Crippen LogP contribution in [0.1, 0.15) is 30.7 Å². The van der Waals surface area contributed by atoms with Gasteiger partial charge in [0.25, 0.3) is 0 Å². The fourth-order valence-electron chi connectivity index (χ4n) is 1.02. The zero-order valence-corrected chi connectivity index (χ0v) is 10.4. The number of carbonyl (C=O) groups is 1. The second kappa shape index (κ2) is 4.61. The van der Waals surface area contributed by atoms with Crippen LogP contribution in [0.2, 0.25) is 0 Å². The highest BCUT2D eigenvalue weighted by molar-refractivity contribution is 7.11. The minimum Gasteiger partial charge on any atom is -0.334 e. The molecule has 0 bridgehead atoms. The monoisotopic (exact) mass is 227 g/mol.